The van der Waals surface area contributed by atoms with Gasteiger partial charge in [0.1, 0.15) is 5.75 Å². The standard InChI is InChI=1S/C20H14Cl2N2O3S/c1-27-13-3-5-17-14(8-13)12(9-23-17)7-18-19(25)24(20(26)28-18)10-11-2-4-15(21)16(22)6-11/h2-9,23H,10H2,1H3. The number of methoxy groups -OCH3 is 1. The van der Waals surface area contributed by atoms with Crippen LogP contribution < -0.4 is 4.74 Å². The Labute approximate surface area is 175 Å². The van der Waals surface area contributed by atoms with Gasteiger partial charge in [0, 0.05) is 22.7 Å². The van der Waals surface area contributed by atoms with Crippen molar-refractivity contribution in [1.82, 2.24) is 9.88 Å². The van der Waals surface area contributed by atoms with Crippen molar-refractivity contribution in [2.24, 2.45) is 0 Å². The van der Waals surface area contributed by atoms with Crippen molar-refractivity contribution in [3.8, 4) is 5.75 Å². The van der Waals surface area contributed by atoms with Crippen molar-refractivity contribution in [2.75, 3.05) is 7.11 Å². The fourth-order valence-electron chi connectivity index (χ4n) is 2.97. The number of aromatic amines is 1. The predicted octanol–water partition coefficient (Wildman–Crippen LogP) is 5.72. The lowest BCUT2D eigenvalue weighted by atomic mass is 10.1. The molecule has 0 radical (unpaired) electrons. The average Bonchev–Trinajstić information content (AvgIpc) is 3.20. The molecule has 0 saturated carbocycles. The molecule has 4 rings (SSSR count). The van der Waals surface area contributed by atoms with E-state index < -0.39 is 0 Å². The Morgan fingerprint density at radius 2 is 1.96 bits per heavy atom. The molecule has 1 aromatic heterocycles. The highest BCUT2D eigenvalue weighted by molar-refractivity contribution is 8.18. The number of rotatable bonds is 4. The fourth-order valence-corrected chi connectivity index (χ4v) is 4.12. The Bertz CT molecular complexity index is 1140. The highest BCUT2D eigenvalue weighted by Gasteiger charge is 2.35. The van der Waals surface area contributed by atoms with Crippen LogP contribution >= 0.6 is 35.0 Å². The van der Waals surface area contributed by atoms with Crippen LogP contribution in [0.5, 0.6) is 5.75 Å². The second-order valence-electron chi connectivity index (χ2n) is 6.17. The normalized spacial score (nSPS) is 15.8. The smallest absolute Gasteiger partial charge is 0.293 e. The summed E-state index contributed by atoms with van der Waals surface area (Å²) in [4.78, 5) is 29.9. The van der Waals surface area contributed by atoms with Crippen molar-refractivity contribution in [3.05, 3.63) is 68.7 Å². The van der Waals surface area contributed by atoms with Crippen LogP contribution in [-0.2, 0) is 11.3 Å². The first-order chi connectivity index (χ1) is 13.5. The van der Waals surface area contributed by atoms with Gasteiger partial charge < -0.3 is 9.72 Å². The molecule has 5 nitrogen and oxygen atoms in total. The maximum atomic E-state index is 12.8. The maximum absolute atomic E-state index is 12.8. The van der Waals surface area contributed by atoms with E-state index in [4.69, 9.17) is 27.9 Å². The van der Waals surface area contributed by atoms with E-state index in [1.165, 1.54) is 4.90 Å². The number of hydrogen-bond acceptors (Lipinski definition) is 4. The lowest BCUT2D eigenvalue weighted by molar-refractivity contribution is -0.123. The van der Waals surface area contributed by atoms with E-state index in [0.717, 1.165) is 39.5 Å². The molecule has 1 saturated heterocycles. The van der Waals surface area contributed by atoms with E-state index in [1.54, 1.807) is 37.6 Å². The van der Waals surface area contributed by atoms with Gasteiger partial charge in [0.05, 0.1) is 28.6 Å². The molecule has 0 spiro atoms. The summed E-state index contributed by atoms with van der Waals surface area (Å²) in [5.41, 5.74) is 2.46. The highest BCUT2D eigenvalue weighted by atomic mass is 35.5. The van der Waals surface area contributed by atoms with E-state index in [2.05, 4.69) is 4.98 Å². The third-order valence-electron chi connectivity index (χ3n) is 4.41. The summed E-state index contributed by atoms with van der Waals surface area (Å²) in [6.45, 7) is 0.139. The minimum absolute atomic E-state index is 0.139. The number of carbonyl (C=O) groups excluding carboxylic acids is 2. The van der Waals surface area contributed by atoms with Crippen molar-refractivity contribution in [3.63, 3.8) is 0 Å². The van der Waals surface area contributed by atoms with Crippen LogP contribution in [0.4, 0.5) is 4.79 Å². The second kappa shape index (κ2) is 7.54. The molecule has 2 amide bonds. The van der Waals surface area contributed by atoms with Gasteiger partial charge in [-0.15, -0.1) is 0 Å². The number of ether oxygens (including phenoxy) is 1. The van der Waals surface area contributed by atoms with Gasteiger partial charge in [0.2, 0.25) is 0 Å². The van der Waals surface area contributed by atoms with Crippen LogP contribution in [0.15, 0.2) is 47.5 Å². The average molecular weight is 433 g/mol. The first-order valence-corrected chi connectivity index (χ1v) is 9.88. The molecule has 1 N–H and O–H groups in total. The molecular weight excluding hydrogens is 419 g/mol. The first-order valence-electron chi connectivity index (χ1n) is 8.30. The number of benzene rings is 2. The van der Waals surface area contributed by atoms with Gasteiger partial charge in [-0.25, -0.2) is 0 Å². The summed E-state index contributed by atoms with van der Waals surface area (Å²) in [5, 5.41) is 1.40. The van der Waals surface area contributed by atoms with E-state index in [9.17, 15) is 9.59 Å². The van der Waals surface area contributed by atoms with Crippen LogP contribution in [0, 0.1) is 0 Å². The molecule has 1 aliphatic rings. The zero-order valence-electron chi connectivity index (χ0n) is 14.7. The van der Waals surface area contributed by atoms with Gasteiger partial charge in [0.25, 0.3) is 11.1 Å². The maximum Gasteiger partial charge on any atom is 0.293 e. The minimum atomic E-state index is -0.335. The molecule has 1 aliphatic heterocycles. The summed E-state index contributed by atoms with van der Waals surface area (Å²) in [5.74, 6) is 0.382. The minimum Gasteiger partial charge on any atom is -0.497 e. The molecule has 142 valence electrons. The third-order valence-corrected chi connectivity index (χ3v) is 6.05. The lowest BCUT2D eigenvalue weighted by Gasteiger charge is -2.12. The number of amides is 2. The first kappa shape index (κ1) is 18.9. The summed E-state index contributed by atoms with van der Waals surface area (Å²) < 4.78 is 5.27. The largest absolute Gasteiger partial charge is 0.497 e. The second-order valence-corrected chi connectivity index (χ2v) is 7.98. The topological polar surface area (TPSA) is 62.4 Å². The summed E-state index contributed by atoms with van der Waals surface area (Å²) >= 11 is 12.9. The van der Waals surface area contributed by atoms with Crippen molar-refractivity contribution >= 4 is 63.1 Å². The number of imide groups is 1. The molecule has 0 bridgehead atoms. The number of thioether (sulfide) groups is 1. The lowest BCUT2D eigenvalue weighted by Crippen LogP contribution is -2.27. The van der Waals surface area contributed by atoms with Crippen molar-refractivity contribution in [1.29, 1.82) is 0 Å². The summed E-state index contributed by atoms with van der Waals surface area (Å²) in [6.07, 6.45) is 3.52. The molecular formula is C20H14Cl2N2O3S. The Morgan fingerprint density at radius 3 is 2.71 bits per heavy atom. The Hall–Kier alpha value is -2.41. The summed E-state index contributed by atoms with van der Waals surface area (Å²) in [7, 11) is 1.60. The number of carbonyl (C=O) groups is 2. The zero-order chi connectivity index (χ0) is 19.8. The van der Waals surface area contributed by atoms with Gasteiger partial charge >= 0.3 is 0 Å². The van der Waals surface area contributed by atoms with Gasteiger partial charge in [0.15, 0.2) is 0 Å². The van der Waals surface area contributed by atoms with Crippen molar-refractivity contribution in [2.45, 2.75) is 6.54 Å². The Morgan fingerprint density at radius 1 is 1.14 bits per heavy atom. The molecule has 0 unspecified atom stereocenters. The van der Waals surface area contributed by atoms with Crippen LogP contribution in [-0.4, -0.2) is 28.1 Å². The van der Waals surface area contributed by atoms with Crippen LogP contribution in [0.3, 0.4) is 0 Å². The molecule has 3 aromatic rings. The fraction of sp³-hybridized carbons (Fsp3) is 0.100. The quantitative estimate of drug-likeness (QED) is 0.535. The monoisotopic (exact) mass is 432 g/mol. The van der Waals surface area contributed by atoms with E-state index in [1.807, 2.05) is 18.2 Å². The molecule has 28 heavy (non-hydrogen) atoms. The van der Waals surface area contributed by atoms with Gasteiger partial charge in [-0.2, -0.15) is 0 Å². The molecule has 0 atom stereocenters. The molecule has 2 heterocycles. The van der Waals surface area contributed by atoms with Crippen LogP contribution in [0.25, 0.3) is 17.0 Å². The van der Waals surface area contributed by atoms with E-state index in [0.29, 0.717) is 15.0 Å². The Kier molecular flexibility index (Phi) is 5.10. The number of nitrogens with zero attached hydrogens (tertiary/aromatic N) is 1. The molecule has 8 heteroatoms. The highest BCUT2D eigenvalue weighted by Crippen LogP contribution is 2.35. The van der Waals surface area contributed by atoms with Gasteiger partial charge in [-0.05, 0) is 53.7 Å². The summed E-state index contributed by atoms with van der Waals surface area (Å²) in [6, 6.07) is 10.7. The van der Waals surface area contributed by atoms with Crippen LogP contribution in [0.2, 0.25) is 10.0 Å². The van der Waals surface area contributed by atoms with E-state index in [-0.39, 0.29) is 17.7 Å². The molecule has 1 fully saturated rings. The zero-order valence-corrected chi connectivity index (χ0v) is 17.0. The number of fused-ring (bicyclic) bond motifs is 1. The van der Waals surface area contributed by atoms with E-state index >= 15 is 0 Å². The molecule has 2 aromatic carbocycles. The van der Waals surface area contributed by atoms with Gasteiger partial charge in [-0.3, -0.25) is 14.5 Å². The van der Waals surface area contributed by atoms with Crippen LogP contribution in [0.1, 0.15) is 11.1 Å². The Balaban J connectivity index is 1.62. The third kappa shape index (κ3) is 3.51. The van der Waals surface area contributed by atoms with Gasteiger partial charge in [-0.1, -0.05) is 29.3 Å². The SMILES string of the molecule is COc1ccc2[nH]cc(C=C3SC(=O)N(Cc4ccc(Cl)c(Cl)c4)C3=O)c2c1. The number of halogens is 2. The number of H-pyrrole nitrogens is 1. The predicted molar refractivity (Wildman–Crippen MR) is 113 cm³/mol. The van der Waals surface area contributed by atoms with Crippen molar-refractivity contribution < 1.29 is 14.3 Å². The number of hydrogen-bond donors (Lipinski definition) is 1. The molecule has 0 aliphatic carbocycles. The number of nitrogens with one attached hydrogen (secondary N) is 1. The number of aromatic nitrogens is 1.